The maximum atomic E-state index is 12.7. The van der Waals surface area contributed by atoms with Crippen LogP contribution in [0, 0.1) is 6.92 Å². The second-order valence-electron chi connectivity index (χ2n) is 6.52. The number of benzene rings is 3. The van der Waals surface area contributed by atoms with Gasteiger partial charge in [0.2, 0.25) is 0 Å². The standard InChI is InChI=1S/C20H16N4O5S/c1-12-18(20(26)24(23-12)13-7-3-2-4-8-13)21-22-19-15-10-6-5-9-14(15)17(11-16(19)25)30(27,28)29/h2-11,23,25H,1H3,(H,27,28,29). The number of rotatable bonds is 4. The Bertz CT molecular complexity index is 1450. The second kappa shape index (κ2) is 7.25. The van der Waals surface area contributed by atoms with Crippen molar-refractivity contribution in [1.82, 2.24) is 9.78 Å². The number of hydrogen-bond acceptors (Lipinski definition) is 6. The minimum absolute atomic E-state index is 0.0238. The van der Waals surface area contributed by atoms with Crippen LogP contribution in [-0.2, 0) is 10.1 Å². The van der Waals surface area contributed by atoms with E-state index in [1.54, 1.807) is 43.3 Å². The zero-order valence-corrected chi connectivity index (χ0v) is 16.5. The van der Waals surface area contributed by atoms with Gasteiger partial charge in [-0.1, -0.05) is 42.5 Å². The highest BCUT2D eigenvalue weighted by atomic mass is 32.2. The Kier molecular flexibility index (Phi) is 4.72. The molecule has 152 valence electrons. The second-order valence-corrected chi connectivity index (χ2v) is 7.91. The van der Waals surface area contributed by atoms with Crippen LogP contribution in [0.15, 0.2) is 80.6 Å². The Hall–Kier alpha value is -3.76. The molecule has 0 radical (unpaired) electrons. The molecule has 0 saturated carbocycles. The highest BCUT2D eigenvalue weighted by Gasteiger charge is 2.20. The first kappa shape index (κ1) is 19.6. The van der Waals surface area contributed by atoms with Gasteiger partial charge in [0.25, 0.3) is 15.7 Å². The van der Waals surface area contributed by atoms with E-state index in [-0.39, 0.29) is 22.1 Å². The molecule has 0 amide bonds. The Balaban J connectivity index is 1.86. The van der Waals surface area contributed by atoms with Crippen LogP contribution in [0.25, 0.3) is 16.5 Å². The van der Waals surface area contributed by atoms with Gasteiger partial charge >= 0.3 is 0 Å². The number of azo groups is 1. The van der Waals surface area contributed by atoms with Crippen molar-refractivity contribution in [2.45, 2.75) is 11.8 Å². The predicted molar refractivity (Wildman–Crippen MR) is 111 cm³/mol. The van der Waals surface area contributed by atoms with E-state index in [1.807, 2.05) is 6.07 Å². The van der Waals surface area contributed by atoms with Gasteiger partial charge in [-0.05, 0) is 19.1 Å². The summed E-state index contributed by atoms with van der Waals surface area (Å²) in [5.74, 6) is -0.498. The number of aromatic hydroxyl groups is 1. The van der Waals surface area contributed by atoms with Gasteiger partial charge in [-0.25, -0.2) is 4.68 Å². The fraction of sp³-hybridized carbons (Fsp3) is 0.0500. The molecule has 3 aromatic carbocycles. The number of aryl methyl sites for hydroxylation is 1. The molecule has 0 bridgehead atoms. The van der Waals surface area contributed by atoms with Gasteiger partial charge in [-0.2, -0.15) is 8.42 Å². The lowest BCUT2D eigenvalue weighted by atomic mass is 10.1. The van der Waals surface area contributed by atoms with Gasteiger partial charge in [0.15, 0.2) is 5.69 Å². The molecule has 1 aromatic heterocycles. The molecule has 30 heavy (non-hydrogen) atoms. The number of nitrogens with one attached hydrogen (secondary N) is 1. The number of phenolic OH excluding ortho intramolecular Hbond substituents is 1. The number of H-pyrrole nitrogens is 1. The molecule has 0 aliphatic heterocycles. The maximum absolute atomic E-state index is 12.7. The topological polar surface area (TPSA) is 137 Å². The van der Waals surface area contributed by atoms with Gasteiger partial charge in [0.1, 0.15) is 16.3 Å². The first-order valence-electron chi connectivity index (χ1n) is 8.78. The summed E-state index contributed by atoms with van der Waals surface area (Å²) < 4.78 is 34.1. The van der Waals surface area contributed by atoms with Gasteiger partial charge in [-0.15, -0.1) is 10.2 Å². The van der Waals surface area contributed by atoms with E-state index in [4.69, 9.17) is 0 Å². The highest BCUT2D eigenvalue weighted by molar-refractivity contribution is 7.86. The summed E-state index contributed by atoms with van der Waals surface area (Å²) in [4.78, 5) is 12.3. The molecule has 0 unspecified atom stereocenters. The van der Waals surface area contributed by atoms with Gasteiger partial charge in [0.05, 0.1) is 11.4 Å². The van der Waals surface area contributed by atoms with Crippen molar-refractivity contribution in [3.8, 4) is 11.4 Å². The molecule has 9 nitrogen and oxygen atoms in total. The molecule has 4 rings (SSSR count). The molecule has 0 aliphatic rings. The van der Waals surface area contributed by atoms with E-state index in [0.717, 1.165) is 6.07 Å². The molecule has 3 N–H and O–H groups in total. The lowest BCUT2D eigenvalue weighted by Crippen LogP contribution is -2.13. The molecular weight excluding hydrogens is 408 g/mol. The number of fused-ring (bicyclic) bond motifs is 1. The van der Waals surface area contributed by atoms with E-state index in [0.29, 0.717) is 11.4 Å². The summed E-state index contributed by atoms with van der Waals surface area (Å²) in [6.07, 6.45) is 0. The Morgan fingerprint density at radius 1 is 0.933 bits per heavy atom. The monoisotopic (exact) mass is 424 g/mol. The zero-order valence-electron chi connectivity index (χ0n) is 15.6. The van der Waals surface area contributed by atoms with Gasteiger partial charge in [-0.3, -0.25) is 14.4 Å². The molecule has 0 saturated heterocycles. The SMILES string of the molecule is Cc1[nH]n(-c2ccccc2)c(=O)c1N=Nc1c(O)cc(S(=O)(=O)O)c2ccccc12. The lowest BCUT2D eigenvalue weighted by molar-refractivity contribution is 0.468. The Morgan fingerprint density at radius 2 is 1.53 bits per heavy atom. The van der Waals surface area contributed by atoms with E-state index < -0.39 is 26.3 Å². The van der Waals surface area contributed by atoms with Crippen LogP contribution in [0.3, 0.4) is 0 Å². The first-order valence-corrected chi connectivity index (χ1v) is 10.2. The summed E-state index contributed by atoms with van der Waals surface area (Å²) in [6.45, 7) is 1.66. The average molecular weight is 424 g/mol. The van der Waals surface area contributed by atoms with Crippen molar-refractivity contribution in [3.63, 3.8) is 0 Å². The molecule has 10 heteroatoms. The van der Waals surface area contributed by atoms with Crippen LogP contribution >= 0.6 is 0 Å². The Labute approximate surface area is 170 Å². The highest BCUT2D eigenvalue weighted by Crippen LogP contribution is 2.39. The smallest absolute Gasteiger partial charge is 0.299 e. The van der Waals surface area contributed by atoms with Crippen molar-refractivity contribution in [2.75, 3.05) is 0 Å². The van der Waals surface area contributed by atoms with Crippen LogP contribution < -0.4 is 5.56 Å². The van der Waals surface area contributed by atoms with E-state index >= 15 is 0 Å². The molecular formula is C20H16N4O5S. The van der Waals surface area contributed by atoms with Crippen molar-refractivity contribution >= 4 is 32.3 Å². The lowest BCUT2D eigenvalue weighted by Gasteiger charge is -2.08. The summed E-state index contributed by atoms with van der Waals surface area (Å²) in [5.41, 5.74) is 0.676. The minimum Gasteiger partial charge on any atom is -0.506 e. The van der Waals surface area contributed by atoms with E-state index in [2.05, 4.69) is 15.3 Å². The normalized spacial score (nSPS) is 12.1. The third kappa shape index (κ3) is 3.38. The molecule has 0 spiro atoms. The molecule has 0 aliphatic carbocycles. The van der Waals surface area contributed by atoms with Crippen molar-refractivity contribution in [2.24, 2.45) is 10.2 Å². The summed E-state index contributed by atoms with van der Waals surface area (Å²) in [5, 5.41) is 21.7. The predicted octanol–water partition coefficient (Wildman–Crippen LogP) is 3.99. The molecule has 1 heterocycles. The van der Waals surface area contributed by atoms with Crippen LogP contribution in [-0.4, -0.2) is 27.9 Å². The van der Waals surface area contributed by atoms with Gasteiger partial charge in [0, 0.05) is 16.8 Å². The average Bonchev–Trinajstić information content (AvgIpc) is 3.00. The minimum atomic E-state index is -4.57. The van der Waals surface area contributed by atoms with Crippen molar-refractivity contribution in [1.29, 1.82) is 0 Å². The third-order valence-electron chi connectivity index (χ3n) is 4.54. The Morgan fingerprint density at radius 3 is 2.20 bits per heavy atom. The number of hydrogen-bond donors (Lipinski definition) is 3. The van der Waals surface area contributed by atoms with Crippen LogP contribution in [0.4, 0.5) is 11.4 Å². The third-order valence-corrected chi connectivity index (χ3v) is 5.43. The van der Waals surface area contributed by atoms with E-state index in [9.17, 15) is 22.9 Å². The largest absolute Gasteiger partial charge is 0.506 e. The van der Waals surface area contributed by atoms with Crippen molar-refractivity contribution in [3.05, 3.63) is 76.7 Å². The maximum Gasteiger partial charge on any atom is 0.299 e. The summed E-state index contributed by atoms with van der Waals surface area (Å²) in [7, 11) is -4.57. The van der Waals surface area contributed by atoms with Crippen LogP contribution in [0.1, 0.15) is 5.69 Å². The number of para-hydroxylation sites is 1. The fourth-order valence-corrected chi connectivity index (χ4v) is 3.86. The molecule has 0 fully saturated rings. The number of nitrogens with zero attached hydrogens (tertiary/aromatic N) is 3. The molecule has 4 aromatic rings. The van der Waals surface area contributed by atoms with E-state index in [1.165, 1.54) is 16.8 Å². The number of phenols is 1. The number of aromatic nitrogens is 2. The fourth-order valence-electron chi connectivity index (χ4n) is 3.15. The van der Waals surface area contributed by atoms with Crippen LogP contribution in [0.2, 0.25) is 0 Å². The summed E-state index contributed by atoms with van der Waals surface area (Å²) >= 11 is 0. The summed E-state index contributed by atoms with van der Waals surface area (Å²) in [6, 6.07) is 16.0. The van der Waals surface area contributed by atoms with Gasteiger partial charge < -0.3 is 5.11 Å². The number of aromatic amines is 1. The quantitative estimate of drug-likeness (QED) is 0.336. The first-order chi connectivity index (χ1) is 14.3. The molecule has 0 atom stereocenters. The zero-order chi connectivity index (χ0) is 21.5. The van der Waals surface area contributed by atoms with Crippen LogP contribution in [0.5, 0.6) is 5.75 Å². The van der Waals surface area contributed by atoms with Crippen molar-refractivity contribution < 1.29 is 18.1 Å².